The van der Waals surface area contributed by atoms with Crippen molar-refractivity contribution in [3.05, 3.63) is 59.1 Å². The summed E-state index contributed by atoms with van der Waals surface area (Å²) < 4.78 is 5.54. The first-order chi connectivity index (χ1) is 11.2. The molecule has 0 aliphatic rings. The van der Waals surface area contributed by atoms with Crippen LogP contribution in [-0.4, -0.2) is 19.1 Å². The third-order valence-electron chi connectivity index (χ3n) is 3.29. The highest BCUT2D eigenvalue weighted by Gasteiger charge is 2.05. The van der Waals surface area contributed by atoms with E-state index in [1.807, 2.05) is 55.5 Å². The van der Waals surface area contributed by atoms with E-state index in [9.17, 15) is 4.79 Å². The van der Waals surface area contributed by atoms with E-state index in [1.54, 1.807) is 0 Å². The molecule has 122 valence electrons. The fraction of sp³-hybridized carbons (Fsp3) is 0.278. The summed E-state index contributed by atoms with van der Waals surface area (Å²) in [5, 5.41) is 6.76. The van der Waals surface area contributed by atoms with E-state index in [-0.39, 0.29) is 5.91 Å². The average Bonchev–Trinajstić information content (AvgIpc) is 2.56. The molecular weight excluding hydrogens is 312 g/mol. The van der Waals surface area contributed by atoms with Crippen LogP contribution in [0.5, 0.6) is 5.75 Å². The summed E-state index contributed by atoms with van der Waals surface area (Å²) in [4.78, 5) is 11.9. The topological polar surface area (TPSA) is 50.4 Å². The number of carbonyl (C=O) groups excluding carboxylic acids is 1. The fourth-order valence-corrected chi connectivity index (χ4v) is 2.33. The van der Waals surface area contributed by atoms with Gasteiger partial charge in [0.25, 0.3) is 0 Å². The van der Waals surface area contributed by atoms with Crippen LogP contribution in [0.25, 0.3) is 0 Å². The maximum absolute atomic E-state index is 11.9. The van der Waals surface area contributed by atoms with Crippen LogP contribution < -0.4 is 15.4 Å². The highest BCUT2D eigenvalue weighted by Crippen LogP contribution is 2.23. The predicted octanol–water partition coefficient (Wildman–Crippen LogP) is 3.86. The van der Waals surface area contributed by atoms with E-state index >= 15 is 0 Å². The number of hydrogen-bond donors (Lipinski definition) is 2. The van der Waals surface area contributed by atoms with Crippen LogP contribution in [0.1, 0.15) is 18.9 Å². The van der Waals surface area contributed by atoms with E-state index in [0.717, 1.165) is 17.0 Å². The van der Waals surface area contributed by atoms with Gasteiger partial charge in [-0.15, -0.1) is 0 Å². The van der Waals surface area contributed by atoms with E-state index in [0.29, 0.717) is 31.1 Å². The maximum atomic E-state index is 11.9. The lowest BCUT2D eigenvalue weighted by molar-refractivity contribution is -0.121. The van der Waals surface area contributed by atoms with E-state index in [2.05, 4.69) is 10.6 Å². The Bertz CT molecular complexity index is 646. The third kappa shape index (κ3) is 5.49. The summed E-state index contributed by atoms with van der Waals surface area (Å²) in [7, 11) is 0. The Labute approximate surface area is 141 Å². The van der Waals surface area contributed by atoms with Gasteiger partial charge in [0.1, 0.15) is 5.75 Å². The smallest absolute Gasteiger partial charge is 0.222 e. The zero-order chi connectivity index (χ0) is 16.5. The molecule has 0 radical (unpaired) electrons. The molecule has 0 unspecified atom stereocenters. The number of carbonyl (C=O) groups is 1. The normalized spacial score (nSPS) is 10.2. The first-order valence-electron chi connectivity index (χ1n) is 7.66. The lowest BCUT2D eigenvalue weighted by Crippen LogP contribution is -2.25. The number of nitrogens with one attached hydrogen (secondary N) is 2. The predicted molar refractivity (Wildman–Crippen MR) is 94.0 cm³/mol. The zero-order valence-corrected chi connectivity index (χ0v) is 13.9. The highest BCUT2D eigenvalue weighted by atomic mass is 35.5. The Morgan fingerprint density at radius 3 is 2.65 bits per heavy atom. The van der Waals surface area contributed by atoms with Crippen molar-refractivity contribution in [2.45, 2.75) is 19.9 Å². The molecule has 4 nitrogen and oxygen atoms in total. The third-order valence-corrected chi connectivity index (χ3v) is 3.66. The van der Waals surface area contributed by atoms with Crippen molar-refractivity contribution >= 4 is 23.2 Å². The molecule has 1 amide bonds. The molecule has 0 atom stereocenters. The van der Waals surface area contributed by atoms with Crippen molar-refractivity contribution in [1.82, 2.24) is 5.32 Å². The number of para-hydroxylation sites is 2. The van der Waals surface area contributed by atoms with Crippen molar-refractivity contribution < 1.29 is 9.53 Å². The standard InChI is InChI=1S/C18H21ClN2O2/c1-2-23-17-10-6-5-9-16(17)20-12-11-18(22)21-13-14-7-3-4-8-15(14)19/h3-10,20H,2,11-13H2,1H3,(H,21,22). The van der Waals surface area contributed by atoms with Crippen LogP contribution in [0.3, 0.4) is 0 Å². The molecule has 2 N–H and O–H groups in total. The number of amides is 1. The molecule has 0 bridgehead atoms. The summed E-state index contributed by atoms with van der Waals surface area (Å²) in [6.45, 7) is 3.53. The molecule has 0 aliphatic carbocycles. The van der Waals surface area contributed by atoms with Crippen molar-refractivity contribution in [3.8, 4) is 5.75 Å². The summed E-state index contributed by atoms with van der Waals surface area (Å²) >= 11 is 6.06. The van der Waals surface area contributed by atoms with Gasteiger partial charge in [-0.2, -0.15) is 0 Å². The summed E-state index contributed by atoms with van der Waals surface area (Å²) in [5.41, 5.74) is 1.81. The van der Waals surface area contributed by atoms with E-state index < -0.39 is 0 Å². The molecule has 0 aliphatic heterocycles. The Hall–Kier alpha value is -2.20. The number of halogens is 1. The van der Waals surface area contributed by atoms with Gasteiger partial charge in [0.15, 0.2) is 0 Å². The summed E-state index contributed by atoms with van der Waals surface area (Å²) in [6.07, 6.45) is 0.380. The van der Waals surface area contributed by atoms with Gasteiger partial charge in [-0.05, 0) is 30.7 Å². The van der Waals surface area contributed by atoms with Gasteiger partial charge in [-0.25, -0.2) is 0 Å². The highest BCUT2D eigenvalue weighted by molar-refractivity contribution is 6.31. The molecular formula is C18H21ClN2O2. The molecule has 0 aromatic heterocycles. The molecule has 0 heterocycles. The molecule has 2 aromatic carbocycles. The van der Waals surface area contributed by atoms with Crippen molar-refractivity contribution in [1.29, 1.82) is 0 Å². The van der Waals surface area contributed by atoms with Crippen molar-refractivity contribution in [2.75, 3.05) is 18.5 Å². The summed E-state index contributed by atoms with van der Waals surface area (Å²) in [5.74, 6) is 0.776. The average molecular weight is 333 g/mol. The minimum Gasteiger partial charge on any atom is -0.492 e. The lowest BCUT2D eigenvalue weighted by Gasteiger charge is -2.12. The second-order valence-electron chi connectivity index (χ2n) is 4.97. The minimum atomic E-state index is -0.0219. The van der Waals surface area contributed by atoms with E-state index in [4.69, 9.17) is 16.3 Å². The van der Waals surface area contributed by atoms with Gasteiger partial charge in [-0.1, -0.05) is 41.9 Å². The number of hydrogen-bond acceptors (Lipinski definition) is 3. The fourth-order valence-electron chi connectivity index (χ4n) is 2.13. The van der Waals surface area contributed by atoms with Gasteiger partial charge >= 0.3 is 0 Å². The van der Waals surface area contributed by atoms with Gasteiger partial charge in [0, 0.05) is 24.5 Å². The first-order valence-corrected chi connectivity index (χ1v) is 8.04. The first kappa shape index (κ1) is 17.2. The largest absolute Gasteiger partial charge is 0.492 e. The van der Waals surface area contributed by atoms with Gasteiger partial charge in [-0.3, -0.25) is 4.79 Å². The van der Waals surface area contributed by atoms with Crippen molar-refractivity contribution in [2.24, 2.45) is 0 Å². The number of benzene rings is 2. The Morgan fingerprint density at radius 2 is 1.87 bits per heavy atom. The van der Waals surface area contributed by atoms with E-state index in [1.165, 1.54) is 0 Å². The monoisotopic (exact) mass is 332 g/mol. The van der Waals surface area contributed by atoms with Crippen LogP contribution in [-0.2, 0) is 11.3 Å². The van der Waals surface area contributed by atoms with Crippen LogP contribution in [0.4, 0.5) is 5.69 Å². The minimum absolute atomic E-state index is 0.0219. The number of ether oxygens (including phenoxy) is 1. The second-order valence-corrected chi connectivity index (χ2v) is 5.38. The molecule has 0 fully saturated rings. The molecule has 0 saturated heterocycles. The van der Waals surface area contributed by atoms with Gasteiger partial charge in [0.05, 0.1) is 12.3 Å². The molecule has 2 aromatic rings. The van der Waals surface area contributed by atoms with Crippen LogP contribution >= 0.6 is 11.6 Å². The Morgan fingerprint density at radius 1 is 1.13 bits per heavy atom. The van der Waals surface area contributed by atoms with Gasteiger partial charge < -0.3 is 15.4 Å². The van der Waals surface area contributed by atoms with Crippen LogP contribution in [0, 0.1) is 0 Å². The van der Waals surface area contributed by atoms with Gasteiger partial charge in [0.2, 0.25) is 5.91 Å². The molecule has 23 heavy (non-hydrogen) atoms. The number of rotatable bonds is 8. The lowest BCUT2D eigenvalue weighted by atomic mass is 10.2. The molecule has 0 saturated carbocycles. The Kier molecular flexibility index (Phi) is 6.76. The van der Waals surface area contributed by atoms with Crippen LogP contribution in [0.15, 0.2) is 48.5 Å². The molecule has 2 rings (SSSR count). The molecule has 5 heteroatoms. The second kappa shape index (κ2) is 9.06. The van der Waals surface area contributed by atoms with Crippen molar-refractivity contribution in [3.63, 3.8) is 0 Å². The Balaban J connectivity index is 1.76. The van der Waals surface area contributed by atoms with Crippen LogP contribution in [0.2, 0.25) is 5.02 Å². The SMILES string of the molecule is CCOc1ccccc1NCCC(=O)NCc1ccccc1Cl. The quantitative estimate of drug-likeness (QED) is 0.771. The number of anilines is 1. The maximum Gasteiger partial charge on any atom is 0.222 e. The zero-order valence-electron chi connectivity index (χ0n) is 13.1. The summed E-state index contributed by atoms with van der Waals surface area (Å²) in [6, 6.07) is 15.2. The molecule has 0 spiro atoms.